The van der Waals surface area contributed by atoms with E-state index in [9.17, 15) is 14.7 Å². The first kappa shape index (κ1) is 25.5. The van der Waals surface area contributed by atoms with Gasteiger partial charge in [-0.05, 0) is 55.4 Å². The zero-order valence-electron chi connectivity index (χ0n) is 21.4. The Kier molecular flexibility index (Phi) is 7.75. The summed E-state index contributed by atoms with van der Waals surface area (Å²) >= 11 is 0. The van der Waals surface area contributed by atoms with Crippen molar-refractivity contribution in [2.45, 2.75) is 39.8 Å². The summed E-state index contributed by atoms with van der Waals surface area (Å²) < 4.78 is 5.90. The number of Topliss-reactive ketones (excluding diaryl/α,β-unsaturated/α-hetero) is 1. The number of carbonyl (C=O) groups excluding carboxylic acids is 2. The fraction of sp³-hybridized carbons (Fsp3) is 0.333. The maximum absolute atomic E-state index is 13.4. The van der Waals surface area contributed by atoms with Crippen molar-refractivity contribution < 1.29 is 19.4 Å². The Balaban J connectivity index is 1.87. The van der Waals surface area contributed by atoms with E-state index in [-0.39, 0.29) is 17.4 Å². The first-order chi connectivity index (χ1) is 17.3. The van der Waals surface area contributed by atoms with Gasteiger partial charge in [-0.25, -0.2) is 0 Å². The molecule has 1 heterocycles. The lowest BCUT2D eigenvalue weighted by molar-refractivity contribution is -0.140. The van der Waals surface area contributed by atoms with Gasteiger partial charge in [-0.15, -0.1) is 0 Å². The van der Waals surface area contributed by atoms with Gasteiger partial charge in [-0.1, -0.05) is 68.4 Å². The minimum atomic E-state index is -0.713. The first-order valence-corrected chi connectivity index (χ1v) is 12.6. The zero-order chi connectivity index (χ0) is 25.8. The van der Waals surface area contributed by atoms with Gasteiger partial charge in [0.1, 0.15) is 11.5 Å². The minimum Gasteiger partial charge on any atom is -0.507 e. The number of hydrogen-bond donors (Lipinski definition) is 1. The molecule has 3 aromatic carbocycles. The van der Waals surface area contributed by atoms with Crippen molar-refractivity contribution in [3.63, 3.8) is 0 Å². The molecule has 0 aliphatic carbocycles. The summed E-state index contributed by atoms with van der Waals surface area (Å²) in [5.74, 6) is -0.762. The van der Waals surface area contributed by atoms with E-state index in [1.165, 1.54) is 0 Å². The van der Waals surface area contributed by atoms with E-state index in [0.717, 1.165) is 29.4 Å². The third-order valence-electron chi connectivity index (χ3n) is 6.68. The van der Waals surface area contributed by atoms with Gasteiger partial charge in [0.05, 0.1) is 17.7 Å². The van der Waals surface area contributed by atoms with Gasteiger partial charge in [-0.2, -0.15) is 0 Å². The molecule has 1 aliphatic rings. The molecule has 0 radical (unpaired) electrons. The van der Waals surface area contributed by atoms with Crippen LogP contribution in [0.4, 0.5) is 0 Å². The monoisotopic (exact) mass is 486 g/mol. The molecule has 0 bridgehead atoms. The largest absolute Gasteiger partial charge is 0.507 e. The second kappa shape index (κ2) is 11.0. The average Bonchev–Trinajstić information content (AvgIpc) is 3.13. The molecule has 1 N–H and O–H groups in total. The van der Waals surface area contributed by atoms with Gasteiger partial charge in [0, 0.05) is 18.7 Å². The van der Waals surface area contributed by atoms with Crippen LogP contribution < -0.4 is 4.74 Å². The molecular weight excluding hydrogens is 452 g/mol. The van der Waals surface area contributed by atoms with E-state index in [4.69, 9.17) is 4.74 Å². The number of amides is 1. The lowest BCUT2D eigenvalue weighted by Crippen LogP contribution is -2.38. The van der Waals surface area contributed by atoms with Crippen LogP contribution in [0.25, 0.3) is 16.5 Å². The van der Waals surface area contributed by atoms with Crippen molar-refractivity contribution in [1.82, 2.24) is 9.80 Å². The van der Waals surface area contributed by atoms with Crippen LogP contribution in [0.1, 0.15) is 44.9 Å². The highest BCUT2D eigenvalue weighted by atomic mass is 16.5. The number of aliphatic hydroxyl groups excluding tert-OH is 1. The van der Waals surface area contributed by atoms with Crippen LogP contribution in [-0.4, -0.2) is 58.9 Å². The van der Waals surface area contributed by atoms with Crippen LogP contribution in [0, 0.1) is 0 Å². The Morgan fingerprint density at radius 3 is 2.42 bits per heavy atom. The number of rotatable bonds is 9. The number of likely N-dealkylation sites (tertiary alicyclic amines) is 1. The van der Waals surface area contributed by atoms with Gasteiger partial charge in [0.15, 0.2) is 0 Å². The standard InChI is InChI=1S/C30H34N2O4/c1-5-31(6-2)17-18-32-27(22-13-9-14-23(19-22)36-20(3)4)26(29(34)30(32)35)28(33)25-16-10-12-21-11-7-8-15-24(21)25/h7-16,19-20,27,33H,5-6,17-18H2,1-4H3/b28-26-. The van der Waals surface area contributed by atoms with Gasteiger partial charge in [0.2, 0.25) is 0 Å². The molecule has 1 atom stereocenters. The third-order valence-corrected chi connectivity index (χ3v) is 6.68. The molecule has 3 aromatic rings. The first-order valence-electron chi connectivity index (χ1n) is 12.6. The third kappa shape index (κ3) is 5.00. The molecule has 1 saturated heterocycles. The molecule has 1 aliphatic heterocycles. The topological polar surface area (TPSA) is 70.1 Å². The van der Waals surface area contributed by atoms with Crippen LogP contribution in [0.5, 0.6) is 5.75 Å². The molecule has 36 heavy (non-hydrogen) atoms. The number of nitrogens with zero attached hydrogens (tertiary/aromatic N) is 2. The Bertz CT molecular complexity index is 1290. The van der Waals surface area contributed by atoms with Crippen LogP contribution in [0.15, 0.2) is 72.3 Å². The van der Waals surface area contributed by atoms with Crippen LogP contribution in [-0.2, 0) is 9.59 Å². The molecule has 6 nitrogen and oxygen atoms in total. The molecule has 0 saturated carbocycles. The summed E-state index contributed by atoms with van der Waals surface area (Å²) in [6, 6.07) is 20.0. The molecule has 6 heteroatoms. The van der Waals surface area contributed by atoms with Crippen molar-refractivity contribution in [1.29, 1.82) is 0 Å². The molecule has 1 unspecified atom stereocenters. The Morgan fingerprint density at radius 1 is 1.00 bits per heavy atom. The molecule has 0 spiro atoms. The lowest BCUT2D eigenvalue weighted by Gasteiger charge is -2.28. The number of carbonyl (C=O) groups is 2. The van der Waals surface area contributed by atoms with Crippen molar-refractivity contribution in [2.24, 2.45) is 0 Å². The fourth-order valence-electron chi connectivity index (χ4n) is 4.85. The van der Waals surface area contributed by atoms with E-state index < -0.39 is 17.7 Å². The van der Waals surface area contributed by atoms with Crippen LogP contribution in [0.3, 0.4) is 0 Å². The Hall–Kier alpha value is -3.64. The summed E-state index contributed by atoms with van der Waals surface area (Å²) in [4.78, 5) is 30.6. The predicted octanol–water partition coefficient (Wildman–Crippen LogP) is 5.39. The minimum absolute atomic E-state index is 0.0232. The number of benzene rings is 3. The van der Waals surface area contributed by atoms with Gasteiger partial charge in [-0.3, -0.25) is 9.59 Å². The highest BCUT2D eigenvalue weighted by Crippen LogP contribution is 2.41. The van der Waals surface area contributed by atoms with Crippen LogP contribution >= 0.6 is 0 Å². The smallest absolute Gasteiger partial charge is 0.295 e. The van der Waals surface area contributed by atoms with E-state index in [2.05, 4.69) is 18.7 Å². The number of fused-ring (bicyclic) bond motifs is 1. The fourth-order valence-corrected chi connectivity index (χ4v) is 4.85. The second-order valence-electron chi connectivity index (χ2n) is 9.29. The van der Waals surface area contributed by atoms with Gasteiger partial charge >= 0.3 is 0 Å². The molecule has 0 aromatic heterocycles. The highest BCUT2D eigenvalue weighted by Gasteiger charge is 2.46. The molecule has 1 fully saturated rings. The van der Waals surface area contributed by atoms with Gasteiger partial charge in [0.25, 0.3) is 11.7 Å². The summed E-state index contributed by atoms with van der Waals surface area (Å²) in [6.07, 6.45) is -0.0232. The van der Waals surface area contributed by atoms with E-state index in [0.29, 0.717) is 24.4 Å². The molecule has 188 valence electrons. The normalized spacial score (nSPS) is 17.5. The summed E-state index contributed by atoms with van der Waals surface area (Å²) in [5.41, 5.74) is 1.38. The predicted molar refractivity (Wildman–Crippen MR) is 143 cm³/mol. The number of likely N-dealkylation sites (N-methyl/N-ethyl adjacent to an activating group) is 1. The van der Waals surface area contributed by atoms with E-state index in [1.54, 1.807) is 11.0 Å². The summed E-state index contributed by atoms with van der Waals surface area (Å²) in [5, 5.41) is 13.3. The van der Waals surface area contributed by atoms with Crippen LogP contribution in [0.2, 0.25) is 0 Å². The number of aliphatic hydroxyl groups is 1. The summed E-state index contributed by atoms with van der Waals surface area (Å²) in [7, 11) is 0. The SMILES string of the molecule is CCN(CC)CCN1C(=O)C(=O)/C(=C(\O)c2cccc3ccccc23)C1c1cccc(OC(C)C)c1. The van der Waals surface area contributed by atoms with Crippen molar-refractivity contribution >= 4 is 28.2 Å². The maximum atomic E-state index is 13.4. The Morgan fingerprint density at radius 2 is 1.69 bits per heavy atom. The lowest BCUT2D eigenvalue weighted by atomic mass is 9.93. The summed E-state index contributed by atoms with van der Waals surface area (Å²) in [6.45, 7) is 10.7. The molecular formula is C30H34N2O4. The Labute approximate surface area is 212 Å². The van der Waals surface area contributed by atoms with E-state index >= 15 is 0 Å². The van der Waals surface area contributed by atoms with Gasteiger partial charge < -0.3 is 19.6 Å². The number of hydrogen-bond acceptors (Lipinski definition) is 5. The number of ketones is 1. The highest BCUT2D eigenvalue weighted by molar-refractivity contribution is 6.46. The molecule has 1 amide bonds. The van der Waals surface area contributed by atoms with Crippen molar-refractivity contribution in [3.05, 3.63) is 83.4 Å². The van der Waals surface area contributed by atoms with Crippen molar-refractivity contribution in [2.75, 3.05) is 26.2 Å². The molecule has 4 rings (SSSR count). The zero-order valence-corrected chi connectivity index (χ0v) is 21.4. The quantitative estimate of drug-likeness (QED) is 0.249. The number of ether oxygens (including phenoxy) is 1. The van der Waals surface area contributed by atoms with E-state index in [1.807, 2.05) is 74.5 Å². The maximum Gasteiger partial charge on any atom is 0.295 e. The second-order valence-corrected chi connectivity index (χ2v) is 9.29. The van der Waals surface area contributed by atoms with Crippen molar-refractivity contribution in [3.8, 4) is 5.75 Å². The average molecular weight is 487 g/mol.